The number of benzene rings is 3. The molecule has 1 aliphatic carbocycles. The number of piperidine rings is 1. The maximum Gasteiger partial charge on any atom is 0.416 e. The lowest BCUT2D eigenvalue weighted by Crippen LogP contribution is -2.60. The maximum atomic E-state index is 13.9. The fourth-order valence-electron chi connectivity index (χ4n) is 6.34. The van der Waals surface area contributed by atoms with Gasteiger partial charge in [-0.05, 0) is 49.1 Å². The maximum absolute atomic E-state index is 13.9. The molecule has 0 N–H and O–H groups in total. The SMILES string of the molecule is O=C1C[C@@H](CCCOCc2ccccc2)N(C(=O)Oc2ccccc2)[C@H]2C1=CC[C@H]1C(=O)N(c3ccccc3)C(=O)[C@H]12. The van der Waals surface area contributed by atoms with Gasteiger partial charge in [-0.1, -0.05) is 72.8 Å². The van der Waals surface area contributed by atoms with Crippen LogP contribution in [0.4, 0.5) is 10.5 Å². The highest BCUT2D eigenvalue weighted by atomic mass is 16.6. The van der Waals surface area contributed by atoms with Crippen LogP contribution in [-0.4, -0.2) is 47.3 Å². The predicted molar refractivity (Wildman–Crippen MR) is 155 cm³/mol. The summed E-state index contributed by atoms with van der Waals surface area (Å²) in [5.41, 5.74) is 1.96. The van der Waals surface area contributed by atoms with E-state index in [1.807, 2.05) is 42.5 Å². The van der Waals surface area contributed by atoms with Crippen LogP contribution in [0.15, 0.2) is 103 Å². The minimum absolute atomic E-state index is 0.101. The Morgan fingerprint density at radius 2 is 1.50 bits per heavy atom. The van der Waals surface area contributed by atoms with E-state index < -0.39 is 35.9 Å². The van der Waals surface area contributed by atoms with Gasteiger partial charge in [0.2, 0.25) is 11.8 Å². The van der Waals surface area contributed by atoms with E-state index in [0.29, 0.717) is 43.1 Å². The largest absolute Gasteiger partial charge is 0.416 e. The summed E-state index contributed by atoms with van der Waals surface area (Å²) >= 11 is 0. The minimum atomic E-state index is -0.887. The number of ketones is 1. The standard InChI is InChI=1S/C34H32N2O6/c37-29-21-25(15-10-20-41-22-23-11-4-1-5-12-23)35(34(40)42-26-16-8-3-9-17-26)31-27(29)18-19-28-30(31)33(39)36(32(28)38)24-13-6-2-7-14-24/h1-9,11-14,16-18,25,28,30-31H,10,15,19-22H2/t25-,28-,30-,31+/m1/s1. The van der Waals surface area contributed by atoms with Crippen molar-refractivity contribution in [3.05, 3.63) is 108 Å². The first-order chi connectivity index (χ1) is 20.5. The molecule has 0 bridgehead atoms. The van der Waals surface area contributed by atoms with Crippen molar-refractivity contribution in [3.63, 3.8) is 0 Å². The molecule has 0 radical (unpaired) electrons. The van der Waals surface area contributed by atoms with Gasteiger partial charge < -0.3 is 9.47 Å². The number of amides is 3. The zero-order valence-corrected chi connectivity index (χ0v) is 23.1. The van der Waals surface area contributed by atoms with E-state index >= 15 is 0 Å². The highest BCUT2D eigenvalue weighted by Crippen LogP contribution is 2.45. The van der Waals surface area contributed by atoms with Crippen LogP contribution in [-0.2, 0) is 25.7 Å². The molecule has 4 atom stereocenters. The fraction of sp³-hybridized carbons (Fsp3) is 0.294. The number of ether oxygens (including phenoxy) is 2. The number of carbonyl (C=O) groups is 4. The number of nitrogens with zero attached hydrogens (tertiary/aromatic N) is 2. The summed E-state index contributed by atoms with van der Waals surface area (Å²) in [6.45, 7) is 0.912. The number of rotatable bonds is 8. The van der Waals surface area contributed by atoms with Crippen molar-refractivity contribution in [2.45, 2.75) is 44.4 Å². The van der Waals surface area contributed by atoms with Crippen LogP contribution in [0.25, 0.3) is 0 Å². The van der Waals surface area contributed by atoms with Crippen LogP contribution >= 0.6 is 0 Å². The molecular formula is C34H32N2O6. The molecule has 8 nitrogen and oxygen atoms in total. The van der Waals surface area contributed by atoms with Gasteiger partial charge in [-0.25, -0.2) is 9.69 Å². The van der Waals surface area contributed by atoms with Crippen molar-refractivity contribution in [2.24, 2.45) is 11.8 Å². The highest BCUT2D eigenvalue weighted by Gasteiger charge is 2.59. The Morgan fingerprint density at radius 1 is 0.833 bits per heavy atom. The van der Waals surface area contributed by atoms with Crippen LogP contribution in [0, 0.1) is 11.8 Å². The van der Waals surface area contributed by atoms with Gasteiger partial charge in [0, 0.05) is 24.6 Å². The molecule has 8 heteroatoms. The number of Topliss-reactive ketones (excluding diaryl/α,β-unsaturated/α-hetero) is 1. The van der Waals surface area contributed by atoms with Crippen molar-refractivity contribution in [3.8, 4) is 5.75 Å². The van der Waals surface area contributed by atoms with Gasteiger partial charge in [-0.15, -0.1) is 0 Å². The van der Waals surface area contributed by atoms with Gasteiger partial charge in [-0.3, -0.25) is 19.3 Å². The molecule has 0 unspecified atom stereocenters. The molecule has 3 aromatic carbocycles. The van der Waals surface area contributed by atoms with Gasteiger partial charge >= 0.3 is 6.09 Å². The minimum Gasteiger partial charge on any atom is -0.410 e. The lowest BCUT2D eigenvalue weighted by Gasteiger charge is -2.46. The lowest BCUT2D eigenvalue weighted by molar-refractivity contribution is -0.126. The van der Waals surface area contributed by atoms with Crippen LogP contribution in [0.5, 0.6) is 5.75 Å². The second-order valence-electron chi connectivity index (χ2n) is 10.9. The summed E-state index contributed by atoms with van der Waals surface area (Å²) in [7, 11) is 0. The second kappa shape index (κ2) is 12.1. The predicted octanol–water partition coefficient (Wildman–Crippen LogP) is 5.33. The number of imide groups is 1. The third-order valence-corrected chi connectivity index (χ3v) is 8.27. The average molecular weight is 565 g/mol. The third kappa shape index (κ3) is 5.37. The molecule has 42 heavy (non-hydrogen) atoms. The Kier molecular flexibility index (Phi) is 7.97. The van der Waals surface area contributed by atoms with Crippen molar-refractivity contribution in [1.82, 2.24) is 4.90 Å². The normalized spacial score (nSPS) is 23.3. The molecule has 2 saturated heterocycles. The van der Waals surface area contributed by atoms with Crippen molar-refractivity contribution < 1.29 is 28.7 Å². The van der Waals surface area contributed by atoms with Gasteiger partial charge in [0.15, 0.2) is 5.78 Å². The summed E-state index contributed by atoms with van der Waals surface area (Å²) < 4.78 is 11.6. The van der Waals surface area contributed by atoms with Crippen LogP contribution in [0.3, 0.4) is 0 Å². The number of carbonyl (C=O) groups excluding carboxylic acids is 4. The molecule has 3 amide bonds. The number of allylic oxidation sites excluding steroid dienone is 1. The second-order valence-corrected chi connectivity index (χ2v) is 10.9. The fourth-order valence-corrected chi connectivity index (χ4v) is 6.34. The molecule has 6 rings (SSSR count). The van der Waals surface area contributed by atoms with Gasteiger partial charge in [0.25, 0.3) is 0 Å². The van der Waals surface area contributed by atoms with E-state index in [1.165, 1.54) is 4.90 Å². The summed E-state index contributed by atoms with van der Waals surface area (Å²) in [5.74, 6) is -1.99. The molecule has 0 spiro atoms. The van der Waals surface area contributed by atoms with Crippen molar-refractivity contribution in [2.75, 3.05) is 11.5 Å². The number of anilines is 1. The molecular weight excluding hydrogens is 532 g/mol. The molecule has 2 aliphatic heterocycles. The van der Waals surface area contributed by atoms with Crippen LogP contribution in [0.1, 0.15) is 31.2 Å². The molecule has 3 aromatic rings. The Labute approximate surface area is 244 Å². The third-order valence-electron chi connectivity index (χ3n) is 8.27. The molecule has 214 valence electrons. The van der Waals surface area contributed by atoms with Crippen LogP contribution < -0.4 is 9.64 Å². The molecule has 3 aliphatic rings. The Morgan fingerprint density at radius 3 is 2.21 bits per heavy atom. The number of hydrogen-bond donors (Lipinski definition) is 0. The number of hydrogen-bond acceptors (Lipinski definition) is 6. The van der Waals surface area contributed by atoms with Crippen molar-refractivity contribution >= 4 is 29.4 Å². The highest BCUT2D eigenvalue weighted by molar-refractivity contribution is 6.23. The topological polar surface area (TPSA) is 93.2 Å². The molecule has 0 aromatic heterocycles. The van der Waals surface area contributed by atoms with Gasteiger partial charge in [0.05, 0.1) is 30.2 Å². The number of fused-ring (bicyclic) bond motifs is 3. The Bertz CT molecular complexity index is 1490. The van der Waals surface area contributed by atoms with Gasteiger partial charge in [0.1, 0.15) is 5.75 Å². The number of para-hydroxylation sites is 2. The quantitative estimate of drug-likeness (QED) is 0.271. The molecule has 2 fully saturated rings. The smallest absolute Gasteiger partial charge is 0.410 e. The van der Waals surface area contributed by atoms with Crippen LogP contribution in [0.2, 0.25) is 0 Å². The first-order valence-electron chi connectivity index (χ1n) is 14.4. The molecule has 2 heterocycles. The van der Waals surface area contributed by atoms with E-state index in [-0.39, 0.29) is 24.5 Å². The first-order valence-corrected chi connectivity index (χ1v) is 14.4. The molecule has 0 saturated carbocycles. The van der Waals surface area contributed by atoms with Gasteiger partial charge in [-0.2, -0.15) is 0 Å². The Balaban J connectivity index is 1.27. The zero-order valence-electron chi connectivity index (χ0n) is 23.1. The van der Waals surface area contributed by atoms with E-state index in [9.17, 15) is 19.2 Å². The van der Waals surface area contributed by atoms with E-state index in [4.69, 9.17) is 9.47 Å². The van der Waals surface area contributed by atoms with E-state index in [0.717, 1.165) is 5.56 Å². The zero-order chi connectivity index (χ0) is 29.1. The van der Waals surface area contributed by atoms with E-state index in [2.05, 4.69) is 0 Å². The first kappa shape index (κ1) is 27.6. The Hall–Kier alpha value is -4.56. The number of likely N-dealkylation sites (tertiary alicyclic amines) is 1. The van der Waals surface area contributed by atoms with E-state index in [1.54, 1.807) is 59.5 Å². The monoisotopic (exact) mass is 564 g/mol. The average Bonchev–Trinajstić information content (AvgIpc) is 3.27. The summed E-state index contributed by atoms with van der Waals surface area (Å²) in [4.78, 5) is 57.6. The summed E-state index contributed by atoms with van der Waals surface area (Å²) in [5, 5.41) is 0. The summed E-state index contributed by atoms with van der Waals surface area (Å²) in [6.07, 6.45) is 2.58. The lowest BCUT2D eigenvalue weighted by atomic mass is 9.72. The van der Waals surface area contributed by atoms with Crippen molar-refractivity contribution in [1.29, 1.82) is 0 Å². The summed E-state index contributed by atoms with van der Waals surface area (Å²) in [6, 6.07) is 26.0.